The molecular weight excluding hydrogens is 248 g/mol. The topological polar surface area (TPSA) is 55.0 Å². The van der Waals surface area contributed by atoms with Gasteiger partial charge in [0.2, 0.25) is 0 Å². The Morgan fingerprint density at radius 1 is 1.15 bits per heavy atom. The minimum atomic E-state index is 0.342. The van der Waals surface area contributed by atoms with Gasteiger partial charge in [-0.05, 0) is 25.8 Å². The Hall–Kier alpha value is -2.10. The molecule has 2 aromatic rings. The van der Waals surface area contributed by atoms with Gasteiger partial charge in [-0.1, -0.05) is 37.3 Å². The van der Waals surface area contributed by atoms with Crippen molar-refractivity contribution in [2.24, 2.45) is 0 Å². The van der Waals surface area contributed by atoms with Crippen LogP contribution in [0.3, 0.4) is 0 Å². The van der Waals surface area contributed by atoms with Crippen molar-refractivity contribution in [2.75, 3.05) is 10.6 Å². The highest BCUT2D eigenvalue weighted by Crippen LogP contribution is 2.25. The number of nitrogens with two attached hydrogens (primary N) is 1. The van der Waals surface area contributed by atoms with Gasteiger partial charge < -0.3 is 10.6 Å². The molecule has 0 amide bonds. The van der Waals surface area contributed by atoms with Gasteiger partial charge in [0, 0.05) is 18.2 Å². The van der Waals surface area contributed by atoms with E-state index < -0.39 is 0 Å². The molecule has 4 nitrogen and oxygen atoms in total. The molecule has 0 unspecified atom stereocenters. The molecule has 0 aliphatic heterocycles. The smallest absolute Gasteiger partial charge is 0.137 e. The molecule has 0 aliphatic rings. The largest absolute Gasteiger partial charge is 0.383 e. The van der Waals surface area contributed by atoms with Crippen LogP contribution in [0.5, 0.6) is 0 Å². The molecule has 0 spiro atoms. The van der Waals surface area contributed by atoms with Gasteiger partial charge >= 0.3 is 0 Å². The molecular formula is C16H22N4. The van der Waals surface area contributed by atoms with E-state index in [1.807, 2.05) is 6.07 Å². The van der Waals surface area contributed by atoms with Crippen molar-refractivity contribution in [3.05, 3.63) is 47.8 Å². The van der Waals surface area contributed by atoms with Gasteiger partial charge in [0.1, 0.15) is 18.0 Å². The summed E-state index contributed by atoms with van der Waals surface area (Å²) in [4.78, 5) is 10.8. The monoisotopic (exact) mass is 270 g/mol. The first kappa shape index (κ1) is 14.3. The van der Waals surface area contributed by atoms with E-state index in [4.69, 9.17) is 5.73 Å². The summed E-state index contributed by atoms with van der Waals surface area (Å²) in [7, 11) is 0. The molecule has 20 heavy (non-hydrogen) atoms. The lowest BCUT2D eigenvalue weighted by molar-refractivity contribution is 0.667. The molecule has 1 heterocycles. The first-order chi connectivity index (χ1) is 9.63. The van der Waals surface area contributed by atoms with Gasteiger partial charge in [-0.15, -0.1) is 0 Å². The van der Waals surface area contributed by atoms with Crippen LogP contribution in [0, 0.1) is 0 Å². The molecule has 0 atom stereocenters. The minimum absolute atomic E-state index is 0.342. The van der Waals surface area contributed by atoms with Crippen molar-refractivity contribution in [1.29, 1.82) is 0 Å². The van der Waals surface area contributed by atoms with Crippen molar-refractivity contribution in [2.45, 2.75) is 39.8 Å². The Balaban J connectivity index is 2.37. The SMILES string of the molecule is CCc1c(N)ncnc1N(Cc1ccccc1)C(C)C. The van der Waals surface area contributed by atoms with Crippen LogP contribution in [-0.2, 0) is 13.0 Å². The Morgan fingerprint density at radius 2 is 1.85 bits per heavy atom. The minimum Gasteiger partial charge on any atom is -0.383 e. The van der Waals surface area contributed by atoms with Crippen LogP contribution in [-0.4, -0.2) is 16.0 Å². The van der Waals surface area contributed by atoms with E-state index in [2.05, 4.69) is 59.9 Å². The molecule has 1 aromatic heterocycles. The van der Waals surface area contributed by atoms with Crippen LogP contribution >= 0.6 is 0 Å². The fourth-order valence-corrected chi connectivity index (χ4v) is 2.29. The number of benzene rings is 1. The molecule has 0 radical (unpaired) electrons. The molecule has 0 saturated carbocycles. The van der Waals surface area contributed by atoms with Crippen LogP contribution in [0.25, 0.3) is 0 Å². The van der Waals surface area contributed by atoms with Gasteiger partial charge in [-0.2, -0.15) is 0 Å². The van der Waals surface area contributed by atoms with E-state index in [1.54, 1.807) is 6.33 Å². The molecule has 2 rings (SSSR count). The summed E-state index contributed by atoms with van der Waals surface area (Å²) < 4.78 is 0. The highest BCUT2D eigenvalue weighted by atomic mass is 15.2. The maximum absolute atomic E-state index is 5.99. The lowest BCUT2D eigenvalue weighted by Crippen LogP contribution is -2.32. The average molecular weight is 270 g/mol. The third kappa shape index (κ3) is 3.07. The Bertz CT molecular complexity index is 552. The zero-order chi connectivity index (χ0) is 14.5. The summed E-state index contributed by atoms with van der Waals surface area (Å²) in [6, 6.07) is 10.8. The van der Waals surface area contributed by atoms with Crippen LogP contribution in [0.2, 0.25) is 0 Å². The van der Waals surface area contributed by atoms with Crippen molar-refractivity contribution in [3.8, 4) is 0 Å². The maximum atomic E-state index is 5.99. The predicted octanol–water partition coefficient (Wildman–Crippen LogP) is 3.04. The van der Waals surface area contributed by atoms with Crippen LogP contribution < -0.4 is 10.6 Å². The second-order valence-corrected chi connectivity index (χ2v) is 5.12. The molecule has 0 saturated heterocycles. The fourth-order valence-electron chi connectivity index (χ4n) is 2.29. The van der Waals surface area contributed by atoms with Crippen molar-refractivity contribution < 1.29 is 0 Å². The Morgan fingerprint density at radius 3 is 2.45 bits per heavy atom. The van der Waals surface area contributed by atoms with E-state index >= 15 is 0 Å². The summed E-state index contributed by atoms with van der Waals surface area (Å²) in [6.07, 6.45) is 2.38. The van der Waals surface area contributed by atoms with Gasteiger partial charge in [-0.3, -0.25) is 0 Å². The second kappa shape index (κ2) is 6.37. The third-order valence-electron chi connectivity index (χ3n) is 3.40. The van der Waals surface area contributed by atoms with Crippen LogP contribution in [0.15, 0.2) is 36.7 Å². The lowest BCUT2D eigenvalue weighted by Gasteiger charge is -2.30. The number of nitrogens with zero attached hydrogens (tertiary/aromatic N) is 3. The molecule has 0 fully saturated rings. The number of hydrogen-bond acceptors (Lipinski definition) is 4. The zero-order valence-electron chi connectivity index (χ0n) is 12.4. The third-order valence-corrected chi connectivity index (χ3v) is 3.40. The van der Waals surface area contributed by atoms with Crippen molar-refractivity contribution >= 4 is 11.6 Å². The summed E-state index contributed by atoms with van der Waals surface area (Å²) >= 11 is 0. The Labute approximate surface area is 120 Å². The number of rotatable bonds is 5. The van der Waals surface area contributed by atoms with E-state index in [9.17, 15) is 0 Å². The maximum Gasteiger partial charge on any atom is 0.137 e. The van der Waals surface area contributed by atoms with Crippen LogP contribution in [0.1, 0.15) is 31.9 Å². The summed E-state index contributed by atoms with van der Waals surface area (Å²) in [5.41, 5.74) is 8.27. The normalized spacial score (nSPS) is 10.8. The highest BCUT2D eigenvalue weighted by Gasteiger charge is 2.17. The molecule has 0 bridgehead atoms. The van der Waals surface area contributed by atoms with Crippen molar-refractivity contribution in [3.63, 3.8) is 0 Å². The average Bonchev–Trinajstić information content (AvgIpc) is 2.45. The van der Waals surface area contributed by atoms with Gasteiger partial charge in [0.25, 0.3) is 0 Å². The lowest BCUT2D eigenvalue weighted by atomic mass is 10.1. The quantitative estimate of drug-likeness (QED) is 0.907. The fraction of sp³-hybridized carbons (Fsp3) is 0.375. The number of hydrogen-bond donors (Lipinski definition) is 1. The highest BCUT2D eigenvalue weighted by molar-refractivity contribution is 5.57. The van der Waals surface area contributed by atoms with E-state index in [0.717, 1.165) is 24.3 Å². The second-order valence-electron chi connectivity index (χ2n) is 5.12. The van der Waals surface area contributed by atoms with E-state index in [1.165, 1.54) is 5.56 Å². The van der Waals surface area contributed by atoms with Gasteiger partial charge in [-0.25, -0.2) is 9.97 Å². The summed E-state index contributed by atoms with van der Waals surface area (Å²) in [5, 5.41) is 0. The number of nitrogen functional groups attached to an aromatic ring is 1. The first-order valence-corrected chi connectivity index (χ1v) is 7.03. The number of aromatic nitrogens is 2. The van der Waals surface area contributed by atoms with Gasteiger partial charge in [0.05, 0.1) is 0 Å². The van der Waals surface area contributed by atoms with Gasteiger partial charge in [0.15, 0.2) is 0 Å². The van der Waals surface area contributed by atoms with E-state index in [0.29, 0.717) is 11.9 Å². The molecule has 4 heteroatoms. The van der Waals surface area contributed by atoms with E-state index in [-0.39, 0.29) is 0 Å². The molecule has 2 N–H and O–H groups in total. The Kier molecular flexibility index (Phi) is 4.56. The zero-order valence-corrected chi connectivity index (χ0v) is 12.4. The van der Waals surface area contributed by atoms with Crippen LogP contribution in [0.4, 0.5) is 11.6 Å². The summed E-state index contributed by atoms with van der Waals surface area (Å²) in [5.74, 6) is 1.52. The molecule has 0 aliphatic carbocycles. The predicted molar refractivity (Wildman–Crippen MR) is 83.6 cm³/mol. The van der Waals surface area contributed by atoms with Crippen molar-refractivity contribution in [1.82, 2.24) is 9.97 Å². The summed E-state index contributed by atoms with van der Waals surface area (Å²) in [6.45, 7) is 7.24. The number of anilines is 2. The standard InChI is InChI=1S/C16H22N4/c1-4-14-15(17)18-11-19-16(14)20(12(2)3)10-13-8-6-5-7-9-13/h5-9,11-12H,4,10H2,1-3H3,(H2,17,18,19). The molecule has 1 aromatic carbocycles. The molecule has 106 valence electrons. The first-order valence-electron chi connectivity index (χ1n) is 7.03.